The maximum atomic E-state index is 11.5. The molecule has 0 saturated carbocycles. The summed E-state index contributed by atoms with van der Waals surface area (Å²) in [6.07, 6.45) is -0.0914. The summed E-state index contributed by atoms with van der Waals surface area (Å²) in [7, 11) is 1.60. The van der Waals surface area contributed by atoms with Crippen LogP contribution in [0.15, 0.2) is 21.2 Å². The number of nitrogens with one attached hydrogen (secondary N) is 1. The number of aliphatic carboxylic acids is 1. The number of carbonyl (C=O) groups excluding carboxylic acids is 1. The predicted molar refractivity (Wildman–Crippen MR) is 63.5 cm³/mol. The van der Waals surface area contributed by atoms with E-state index in [9.17, 15) is 9.59 Å². The Labute approximate surface area is 107 Å². The number of carbonyl (C=O) groups is 2. The van der Waals surface area contributed by atoms with Crippen LogP contribution in [-0.4, -0.2) is 35.6 Å². The second-order valence-electron chi connectivity index (χ2n) is 3.44. The van der Waals surface area contributed by atoms with E-state index in [1.165, 1.54) is 4.90 Å². The van der Waals surface area contributed by atoms with Crippen LogP contribution in [0.25, 0.3) is 0 Å². The second kappa shape index (κ2) is 6.29. The molecule has 0 aliphatic carbocycles. The van der Waals surface area contributed by atoms with E-state index in [-0.39, 0.29) is 19.0 Å². The minimum absolute atomic E-state index is 0.0914. The molecule has 2 amide bonds. The molecule has 0 bridgehead atoms. The smallest absolute Gasteiger partial charge is 0.317 e. The number of hydrogen-bond donors (Lipinski definition) is 2. The van der Waals surface area contributed by atoms with Crippen molar-refractivity contribution < 1.29 is 19.1 Å². The monoisotopic (exact) mass is 304 g/mol. The molecular weight excluding hydrogens is 292 g/mol. The molecule has 1 heterocycles. The summed E-state index contributed by atoms with van der Waals surface area (Å²) in [5.74, 6) is -0.296. The van der Waals surface area contributed by atoms with Crippen molar-refractivity contribution in [1.82, 2.24) is 10.2 Å². The van der Waals surface area contributed by atoms with Gasteiger partial charge >= 0.3 is 12.0 Å². The average molecular weight is 305 g/mol. The topological polar surface area (TPSA) is 82.8 Å². The van der Waals surface area contributed by atoms with Crippen LogP contribution in [0.4, 0.5) is 4.79 Å². The summed E-state index contributed by atoms with van der Waals surface area (Å²) in [6.45, 7) is 0.435. The third-order valence-corrected chi connectivity index (χ3v) is 2.41. The van der Waals surface area contributed by atoms with Crippen molar-refractivity contribution in [3.05, 3.63) is 22.6 Å². The van der Waals surface area contributed by atoms with E-state index in [2.05, 4.69) is 21.2 Å². The largest absolute Gasteiger partial charge is 0.481 e. The number of amides is 2. The molecule has 1 aromatic heterocycles. The highest BCUT2D eigenvalue weighted by Gasteiger charge is 2.11. The molecule has 0 saturated heterocycles. The molecule has 0 unspecified atom stereocenters. The Kier molecular flexibility index (Phi) is 5.02. The SMILES string of the molecule is CN(Cc1ccc(Br)o1)C(=O)NCCC(=O)O. The molecule has 0 fully saturated rings. The Morgan fingerprint density at radius 3 is 2.76 bits per heavy atom. The number of furan rings is 1. The van der Waals surface area contributed by atoms with E-state index >= 15 is 0 Å². The Morgan fingerprint density at radius 1 is 1.53 bits per heavy atom. The minimum atomic E-state index is -0.942. The van der Waals surface area contributed by atoms with Crippen LogP contribution < -0.4 is 5.32 Å². The number of urea groups is 1. The van der Waals surface area contributed by atoms with Crippen molar-refractivity contribution in [2.45, 2.75) is 13.0 Å². The molecule has 0 spiro atoms. The molecule has 0 atom stereocenters. The average Bonchev–Trinajstić information content (AvgIpc) is 2.63. The molecule has 17 heavy (non-hydrogen) atoms. The number of halogens is 1. The van der Waals surface area contributed by atoms with Crippen molar-refractivity contribution in [3.8, 4) is 0 Å². The van der Waals surface area contributed by atoms with Gasteiger partial charge in [0.2, 0.25) is 0 Å². The third-order valence-electron chi connectivity index (χ3n) is 1.98. The summed E-state index contributed by atoms with van der Waals surface area (Å²) in [6, 6.07) is 3.16. The van der Waals surface area contributed by atoms with Gasteiger partial charge in [0, 0.05) is 13.6 Å². The van der Waals surface area contributed by atoms with Crippen LogP contribution in [0.1, 0.15) is 12.2 Å². The van der Waals surface area contributed by atoms with Crippen LogP contribution in [0, 0.1) is 0 Å². The molecule has 6 nitrogen and oxygen atoms in total. The number of carboxylic acids is 1. The first-order valence-electron chi connectivity index (χ1n) is 4.94. The van der Waals surface area contributed by atoms with Gasteiger partial charge in [-0.25, -0.2) is 4.79 Å². The molecule has 7 heteroatoms. The van der Waals surface area contributed by atoms with Gasteiger partial charge in [-0.05, 0) is 28.1 Å². The van der Waals surface area contributed by atoms with Crippen LogP contribution in [-0.2, 0) is 11.3 Å². The predicted octanol–water partition coefficient (Wildman–Crippen LogP) is 1.66. The van der Waals surface area contributed by atoms with E-state index in [1.54, 1.807) is 19.2 Å². The molecular formula is C10H13BrN2O4. The van der Waals surface area contributed by atoms with Crippen LogP contribution >= 0.6 is 15.9 Å². The normalized spacial score (nSPS) is 10.0. The summed E-state index contributed by atoms with van der Waals surface area (Å²) in [5.41, 5.74) is 0. The molecule has 1 rings (SSSR count). The molecule has 2 N–H and O–H groups in total. The van der Waals surface area contributed by atoms with Crippen molar-refractivity contribution >= 4 is 27.9 Å². The lowest BCUT2D eigenvalue weighted by atomic mass is 10.4. The first kappa shape index (κ1) is 13.6. The first-order chi connectivity index (χ1) is 7.99. The quantitative estimate of drug-likeness (QED) is 0.866. The van der Waals surface area contributed by atoms with Crippen molar-refractivity contribution in [1.29, 1.82) is 0 Å². The van der Waals surface area contributed by atoms with E-state index in [0.717, 1.165) is 0 Å². The fourth-order valence-electron chi connectivity index (χ4n) is 1.15. The summed E-state index contributed by atoms with van der Waals surface area (Å²) in [5, 5.41) is 10.9. The van der Waals surface area contributed by atoms with E-state index in [4.69, 9.17) is 9.52 Å². The van der Waals surface area contributed by atoms with Gasteiger partial charge in [-0.3, -0.25) is 4.79 Å². The zero-order valence-corrected chi connectivity index (χ0v) is 10.9. The van der Waals surface area contributed by atoms with Crippen LogP contribution in [0.2, 0.25) is 0 Å². The lowest BCUT2D eigenvalue weighted by Gasteiger charge is -2.16. The van der Waals surface area contributed by atoms with Crippen molar-refractivity contribution in [3.63, 3.8) is 0 Å². The fraction of sp³-hybridized carbons (Fsp3) is 0.400. The standard InChI is InChI=1S/C10H13BrN2O4/c1-13(6-7-2-3-8(11)17-7)10(16)12-5-4-9(14)15/h2-3H,4-6H2,1H3,(H,12,16)(H,14,15). The second-order valence-corrected chi connectivity index (χ2v) is 4.22. The Balaban J connectivity index is 2.34. The highest BCUT2D eigenvalue weighted by Crippen LogP contribution is 2.15. The molecule has 0 radical (unpaired) electrons. The van der Waals surface area contributed by atoms with Gasteiger partial charge in [0.15, 0.2) is 4.67 Å². The number of hydrogen-bond acceptors (Lipinski definition) is 3. The van der Waals surface area contributed by atoms with E-state index in [1.807, 2.05) is 0 Å². The number of carboxylic acid groups (broad SMARTS) is 1. The highest BCUT2D eigenvalue weighted by atomic mass is 79.9. The zero-order valence-electron chi connectivity index (χ0n) is 9.27. The zero-order chi connectivity index (χ0) is 12.8. The molecule has 94 valence electrons. The summed E-state index contributed by atoms with van der Waals surface area (Å²) >= 11 is 3.17. The first-order valence-corrected chi connectivity index (χ1v) is 5.73. The molecule has 0 aliphatic rings. The van der Waals surface area contributed by atoms with Gasteiger partial charge in [0.25, 0.3) is 0 Å². The minimum Gasteiger partial charge on any atom is -0.481 e. The fourth-order valence-corrected chi connectivity index (χ4v) is 1.49. The Morgan fingerprint density at radius 2 is 2.24 bits per heavy atom. The Bertz CT molecular complexity index is 405. The van der Waals surface area contributed by atoms with Gasteiger partial charge in [0.05, 0.1) is 13.0 Å². The van der Waals surface area contributed by atoms with E-state index < -0.39 is 5.97 Å². The van der Waals surface area contributed by atoms with Gasteiger partial charge in [0.1, 0.15) is 5.76 Å². The van der Waals surface area contributed by atoms with Gasteiger partial charge in [-0.2, -0.15) is 0 Å². The maximum absolute atomic E-state index is 11.5. The van der Waals surface area contributed by atoms with Gasteiger partial charge in [-0.15, -0.1) is 0 Å². The van der Waals surface area contributed by atoms with Crippen molar-refractivity contribution in [2.75, 3.05) is 13.6 Å². The van der Waals surface area contributed by atoms with Crippen molar-refractivity contribution in [2.24, 2.45) is 0 Å². The lowest BCUT2D eigenvalue weighted by Crippen LogP contribution is -2.37. The number of nitrogens with zero attached hydrogens (tertiary/aromatic N) is 1. The Hall–Kier alpha value is -1.50. The maximum Gasteiger partial charge on any atom is 0.317 e. The van der Waals surface area contributed by atoms with E-state index in [0.29, 0.717) is 17.0 Å². The highest BCUT2D eigenvalue weighted by molar-refractivity contribution is 9.10. The third kappa shape index (κ3) is 4.90. The molecule has 1 aromatic rings. The summed E-state index contributed by atoms with van der Waals surface area (Å²) in [4.78, 5) is 23.2. The number of rotatable bonds is 5. The van der Waals surface area contributed by atoms with Gasteiger partial charge in [-0.1, -0.05) is 0 Å². The molecule has 0 aliphatic heterocycles. The lowest BCUT2D eigenvalue weighted by molar-refractivity contribution is -0.136. The summed E-state index contributed by atoms with van der Waals surface area (Å²) < 4.78 is 5.85. The molecule has 0 aromatic carbocycles. The van der Waals surface area contributed by atoms with Gasteiger partial charge < -0.3 is 19.7 Å². The van der Waals surface area contributed by atoms with Crippen LogP contribution in [0.3, 0.4) is 0 Å². The van der Waals surface area contributed by atoms with Crippen LogP contribution in [0.5, 0.6) is 0 Å².